The van der Waals surface area contributed by atoms with Crippen LogP contribution in [0.4, 0.5) is 13.2 Å². The highest BCUT2D eigenvalue weighted by Gasteiger charge is 2.34. The predicted octanol–water partition coefficient (Wildman–Crippen LogP) is 2.65. The van der Waals surface area contributed by atoms with Gasteiger partial charge in [-0.25, -0.2) is 9.67 Å². The first-order chi connectivity index (χ1) is 11.3. The summed E-state index contributed by atoms with van der Waals surface area (Å²) in [6.07, 6.45) is -1.47. The Hall–Kier alpha value is -2.97. The zero-order valence-electron chi connectivity index (χ0n) is 12.7. The van der Waals surface area contributed by atoms with Crippen molar-refractivity contribution in [1.82, 2.24) is 24.7 Å². The average Bonchev–Trinajstić information content (AvgIpc) is 2.81. The normalized spacial score (nSPS) is 11.7. The van der Waals surface area contributed by atoms with Crippen molar-refractivity contribution in [3.8, 4) is 17.1 Å². The lowest BCUT2D eigenvalue weighted by Gasteiger charge is -2.08. The van der Waals surface area contributed by atoms with Gasteiger partial charge in [0.05, 0.1) is 11.4 Å². The number of nitrogens with one attached hydrogen (secondary N) is 1. The molecule has 0 radical (unpaired) electrons. The Labute approximate surface area is 134 Å². The summed E-state index contributed by atoms with van der Waals surface area (Å²) in [5, 5.41) is 4.21. The fourth-order valence-corrected chi connectivity index (χ4v) is 2.47. The van der Waals surface area contributed by atoms with Crippen LogP contribution in [0.5, 0.6) is 0 Å². The van der Waals surface area contributed by atoms with E-state index in [1.165, 1.54) is 4.68 Å². The van der Waals surface area contributed by atoms with Gasteiger partial charge >= 0.3 is 6.18 Å². The molecule has 0 spiro atoms. The lowest BCUT2D eigenvalue weighted by Crippen LogP contribution is -2.20. The molecular weight excluding hydrogens is 323 g/mol. The number of hydrogen-bond donors (Lipinski definition) is 1. The predicted molar refractivity (Wildman–Crippen MR) is 79.7 cm³/mol. The maximum absolute atomic E-state index is 12.9. The van der Waals surface area contributed by atoms with Crippen LogP contribution in [0.25, 0.3) is 17.1 Å². The number of alkyl halides is 3. The minimum Gasteiger partial charge on any atom is -0.291 e. The Kier molecular flexibility index (Phi) is 3.70. The van der Waals surface area contributed by atoms with E-state index in [0.717, 1.165) is 11.1 Å². The second-order valence-corrected chi connectivity index (χ2v) is 5.15. The first-order valence-electron chi connectivity index (χ1n) is 6.93. The van der Waals surface area contributed by atoms with Crippen LogP contribution in [0.3, 0.4) is 0 Å². The number of rotatable bonds is 2. The van der Waals surface area contributed by atoms with Gasteiger partial charge in [0.25, 0.3) is 5.56 Å². The van der Waals surface area contributed by atoms with Gasteiger partial charge in [-0.1, -0.05) is 6.07 Å². The first-order valence-corrected chi connectivity index (χ1v) is 6.93. The molecule has 24 heavy (non-hydrogen) atoms. The van der Waals surface area contributed by atoms with E-state index in [9.17, 15) is 18.0 Å². The van der Waals surface area contributed by atoms with Crippen molar-refractivity contribution in [1.29, 1.82) is 0 Å². The van der Waals surface area contributed by atoms with Gasteiger partial charge in [-0.15, -0.1) is 0 Å². The number of hydrogen-bond acceptors (Lipinski definition) is 4. The highest BCUT2D eigenvalue weighted by molar-refractivity contribution is 5.68. The van der Waals surface area contributed by atoms with Gasteiger partial charge in [-0.2, -0.15) is 18.3 Å². The molecule has 0 aromatic carbocycles. The molecule has 3 heterocycles. The van der Waals surface area contributed by atoms with Crippen LogP contribution in [-0.4, -0.2) is 24.7 Å². The van der Waals surface area contributed by atoms with E-state index in [1.807, 2.05) is 6.07 Å². The van der Waals surface area contributed by atoms with Crippen LogP contribution in [0, 0.1) is 13.8 Å². The molecule has 3 aromatic heterocycles. The Morgan fingerprint density at radius 3 is 2.62 bits per heavy atom. The number of H-pyrrole nitrogens is 1. The number of halogens is 3. The van der Waals surface area contributed by atoms with Gasteiger partial charge in [0, 0.05) is 29.6 Å². The second kappa shape index (κ2) is 5.59. The molecule has 0 atom stereocenters. The SMILES string of the molecule is Cc1nn(-c2nc(C(F)(F)F)cc(=O)[nH]2)c(C)c1-c1cccnc1. The van der Waals surface area contributed by atoms with Gasteiger partial charge < -0.3 is 0 Å². The molecule has 0 aliphatic heterocycles. The third-order valence-electron chi connectivity index (χ3n) is 3.46. The van der Waals surface area contributed by atoms with E-state index in [0.29, 0.717) is 17.5 Å². The van der Waals surface area contributed by atoms with E-state index in [1.54, 1.807) is 32.3 Å². The van der Waals surface area contributed by atoms with Crippen molar-refractivity contribution in [2.24, 2.45) is 0 Å². The van der Waals surface area contributed by atoms with Crippen molar-refractivity contribution in [3.05, 3.63) is 58.0 Å². The van der Waals surface area contributed by atoms with Gasteiger partial charge in [-0.3, -0.25) is 14.8 Å². The molecular formula is C15H12F3N5O. The summed E-state index contributed by atoms with van der Waals surface area (Å²) in [4.78, 5) is 21.4. The number of aromatic nitrogens is 5. The van der Waals surface area contributed by atoms with Gasteiger partial charge in [0.1, 0.15) is 0 Å². The van der Waals surface area contributed by atoms with Crippen LogP contribution < -0.4 is 5.56 Å². The summed E-state index contributed by atoms with van der Waals surface area (Å²) >= 11 is 0. The minimum absolute atomic E-state index is 0.287. The molecule has 0 amide bonds. The molecule has 0 saturated carbocycles. The Morgan fingerprint density at radius 2 is 2.00 bits per heavy atom. The average molecular weight is 335 g/mol. The maximum atomic E-state index is 12.9. The highest BCUT2D eigenvalue weighted by Crippen LogP contribution is 2.29. The summed E-state index contributed by atoms with van der Waals surface area (Å²) in [6, 6.07) is 3.98. The largest absolute Gasteiger partial charge is 0.433 e. The van der Waals surface area contributed by atoms with E-state index >= 15 is 0 Å². The van der Waals surface area contributed by atoms with Crippen molar-refractivity contribution in [2.75, 3.05) is 0 Å². The maximum Gasteiger partial charge on any atom is 0.433 e. The van der Waals surface area contributed by atoms with E-state index in [4.69, 9.17) is 0 Å². The molecule has 0 saturated heterocycles. The molecule has 124 valence electrons. The molecule has 9 heteroatoms. The van der Waals surface area contributed by atoms with Crippen LogP contribution in [0.2, 0.25) is 0 Å². The summed E-state index contributed by atoms with van der Waals surface area (Å²) in [5.41, 5.74) is 0.458. The zero-order chi connectivity index (χ0) is 17.5. The van der Waals surface area contributed by atoms with Crippen molar-refractivity contribution in [3.63, 3.8) is 0 Å². The van der Waals surface area contributed by atoms with E-state index in [-0.39, 0.29) is 5.95 Å². The molecule has 0 aliphatic carbocycles. The molecule has 0 unspecified atom stereocenters. The standard InChI is InChI=1S/C15H12F3N5O/c1-8-13(10-4-3-5-19-7-10)9(2)23(22-8)14-20-11(15(16,17)18)6-12(24)21-14/h3-7H,1-2H3,(H,20,21,24). The van der Waals surface area contributed by atoms with Crippen molar-refractivity contribution >= 4 is 0 Å². The first kappa shape index (κ1) is 15.9. The Balaban J connectivity index is 2.19. The van der Waals surface area contributed by atoms with Crippen LogP contribution in [0.1, 0.15) is 17.1 Å². The fraction of sp³-hybridized carbons (Fsp3) is 0.200. The smallest absolute Gasteiger partial charge is 0.291 e. The number of aryl methyl sites for hydroxylation is 1. The van der Waals surface area contributed by atoms with Gasteiger partial charge in [-0.05, 0) is 19.9 Å². The van der Waals surface area contributed by atoms with E-state index < -0.39 is 17.4 Å². The van der Waals surface area contributed by atoms with Crippen molar-refractivity contribution in [2.45, 2.75) is 20.0 Å². The Morgan fingerprint density at radius 1 is 1.25 bits per heavy atom. The summed E-state index contributed by atoms with van der Waals surface area (Å²) in [6.45, 7) is 3.40. The molecule has 1 N–H and O–H groups in total. The van der Waals surface area contributed by atoms with Crippen LogP contribution >= 0.6 is 0 Å². The lowest BCUT2D eigenvalue weighted by molar-refractivity contribution is -0.141. The third kappa shape index (κ3) is 2.80. The fourth-order valence-electron chi connectivity index (χ4n) is 2.47. The molecule has 3 rings (SSSR count). The van der Waals surface area contributed by atoms with Crippen LogP contribution in [-0.2, 0) is 6.18 Å². The van der Waals surface area contributed by atoms with Crippen molar-refractivity contribution < 1.29 is 13.2 Å². The monoisotopic (exact) mass is 335 g/mol. The molecule has 6 nitrogen and oxygen atoms in total. The topological polar surface area (TPSA) is 76.5 Å². The summed E-state index contributed by atoms with van der Waals surface area (Å²) < 4.78 is 39.8. The zero-order valence-corrected chi connectivity index (χ0v) is 12.7. The highest BCUT2D eigenvalue weighted by atomic mass is 19.4. The van der Waals surface area contributed by atoms with Gasteiger partial charge in [0.2, 0.25) is 5.95 Å². The third-order valence-corrected chi connectivity index (χ3v) is 3.46. The van der Waals surface area contributed by atoms with E-state index in [2.05, 4.69) is 20.1 Å². The molecule has 0 fully saturated rings. The summed E-state index contributed by atoms with van der Waals surface area (Å²) in [7, 11) is 0. The quantitative estimate of drug-likeness (QED) is 0.781. The number of nitrogens with zero attached hydrogens (tertiary/aromatic N) is 4. The minimum atomic E-state index is -4.72. The van der Waals surface area contributed by atoms with Gasteiger partial charge in [0.15, 0.2) is 5.69 Å². The second-order valence-electron chi connectivity index (χ2n) is 5.15. The molecule has 0 bridgehead atoms. The van der Waals surface area contributed by atoms with Crippen LogP contribution in [0.15, 0.2) is 35.4 Å². The number of aromatic amines is 1. The molecule has 3 aromatic rings. The lowest BCUT2D eigenvalue weighted by atomic mass is 10.1. The summed E-state index contributed by atoms with van der Waals surface area (Å²) in [5.74, 6) is -0.287. The molecule has 0 aliphatic rings. The Bertz CT molecular complexity index is 944. The number of pyridine rings is 1.